The number of nitrogens with zero attached hydrogens (tertiary/aromatic N) is 2. The van der Waals surface area contributed by atoms with Crippen LogP contribution in [0.5, 0.6) is 0 Å². The fourth-order valence-electron chi connectivity index (χ4n) is 2.25. The van der Waals surface area contributed by atoms with Crippen LogP contribution in [0.25, 0.3) is 22.5 Å². The van der Waals surface area contributed by atoms with Crippen molar-refractivity contribution in [1.29, 1.82) is 0 Å². The first-order valence-corrected chi connectivity index (χ1v) is 6.87. The predicted octanol–water partition coefficient (Wildman–Crippen LogP) is 3.67. The van der Waals surface area contributed by atoms with Crippen molar-refractivity contribution in [3.05, 3.63) is 77.3 Å². The monoisotopic (exact) mass is 276 g/mol. The van der Waals surface area contributed by atoms with Gasteiger partial charge in [0.15, 0.2) is 0 Å². The Morgan fingerprint density at radius 1 is 0.714 bits per heavy atom. The molecule has 3 heteroatoms. The summed E-state index contributed by atoms with van der Waals surface area (Å²) < 4.78 is 0.947. The molecule has 0 bridgehead atoms. The van der Waals surface area contributed by atoms with Crippen LogP contribution in [0.15, 0.2) is 60.9 Å². The van der Waals surface area contributed by atoms with Crippen molar-refractivity contribution in [3.8, 4) is 22.5 Å². The summed E-state index contributed by atoms with van der Waals surface area (Å²) in [6, 6.07) is 15.8. The van der Waals surface area contributed by atoms with Crippen molar-refractivity contribution in [2.24, 2.45) is 0 Å². The van der Waals surface area contributed by atoms with Crippen LogP contribution in [-0.2, 0) is 0 Å². The molecule has 1 aromatic heterocycles. The maximum Gasteiger partial charge on any atom is 0.242 e. The van der Waals surface area contributed by atoms with Gasteiger partial charge in [-0.05, 0) is 38.1 Å². The molecule has 0 saturated carbocycles. The Labute approximate surface area is 124 Å². The van der Waals surface area contributed by atoms with E-state index in [-0.39, 0.29) is 0 Å². The van der Waals surface area contributed by atoms with Crippen LogP contribution in [0.2, 0.25) is 0 Å². The molecule has 2 aromatic carbocycles. The number of hydrogen-bond acceptors (Lipinski definition) is 2. The van der Waals surface area contributed by atoms with Gasteiger partial charge in [-0.3, -0.25) is 4.98 Å². The van der Waals surface area contributed by atoms with Crippen LogP contribution in [-0.4, -0.2) is 4.98 Å². The van der Waals surface area contributed by atoms with E-state index in [1.807, 2.05) is 62.4 Å². The van der Waals surface area contributed by atoms with Crippen LogP contribution < -0.4 is 4.73 Å². The maximum atomic E-state index is 12.6. The smallest absolute Gasteiger partial charge is 0.242 e. The van der Waals surface area contributed by atoms with Gasteiger partial charge >= 0.3 is 0 Å². The van der Waals surface area contributed by atoms with E-state index in [4.69, 9.17) is 0 Å². The highest BCUT2D eigenvalue weighted by Crippen LogP contribution is 2.20. The van der Waals surface area contributed by atoms with E-state index in [1.165, 1.54) is 11.1 Å². The van der Waals surface area contributed by atoms with Gasteiger partial charge in [-0.15, -0.1) is 0 Å². The van der Waals surface area contributed by atoms with Gasteiger partial charge in [0.1, 0.15) is 12.4 Å². The second-order valence-corrected chi connectivity index (χ2v) is 5.20. The van der Waals surface area contributed by atoms with E-state index in [0.29, 0.717) is 11.4 Å². The summed E-state index contributed by atoms with van der Waals surface area (Å²) in [7, 11) is 0. The average molecular weight is 276 g/mol. The quantitative estimate of drug-likeness (QED) is 0.529. The first-order valence-electron chi connectivity index (χ1n) is 6.87. The fourth-order valence-corrected chi connectivity index (χ4v) is 2.25. The highest BCUT2D eigenvalue weighted by Gasteiger charge is 2.15. The maximum absolute atomic E-state index is 12.6. The van der Waals surface area contributed by atoms with E-state index in [2.05, 4.69) is 4.98 Å². The predicted molar refractivity (Wildman–Crippen MR) is 83.5 cm³/mol. The Hall–Kier alpha value is -2.68. The molecule has 0 spiro atoms. The summed E-state index contributed by atoms with van der Waals surface area (Å²) in [5.41, 5.74) is 5.20. The van der Waals surface area contributed by atoms with Gasteiger partial charge in [-0.1, -0.05) is 35.4 Å². The zero-order valence-corrected chi connectivity index (χ0v) is 12.1. The van der Waals surface area contributed by atoms with Crippen LogP contribution in [0, 0.1) is 19.1 Å². The summed E-state index contributed by atoms with van der Waals surface area (Å²) in [6.45, 7) is 4.05. The fraction of sp³-hybridized carbons (Fsp3) is 0.111. The van der Waals surface area contributed by atoms with Crippen molar-refractivity contribution in [1.82, 2.24) is 4.98 Å². The van der Waals surface area contributed by atoms with Gasteiger partial charge in [0.2, 0.25) is 11.4 Å². The number of aromatic nitrogens is 2. The standard InChI is InChI=1S/C18H16N2O/c1-13-3-7-15(8-4-13)17-11-19-12-18(20(17)21)16-9-5-14(2)6-10-16/h3-12H,1-2H3. The molecule has 0 radical (unpaired) electrons. The minimum absolute atomic E-state index is 0.563. The lowest BCUT2D eigenvalue weighted by atomic mass is 10.1. The van der Waals surface area contributed by atoms with Crippen LogP contribution in [0.1, 0.15) is 11.1 Å². The molecule has 3 rings (SSSR count). The van der Waals surface area contributed by atoms with Crippen LogP contribution in [0.3, 0.4) is 0 Å². The first-order chi connectivity index (χ1) is 10.1. The Balaban J connectivity index is 2.10. The van der Waals surface area contributed by atoms with E-state index < -0.39 is 0 Å². The van der Waals surface area contributed by atoms with Crippen LogP contribution >= 0.6 is 0 Å². The van der Waals surface area contributed by atoms with Gasteiger partial charge in [0.05, 0.1) is 0 Å². The summed E-state index contributed by atoms with van der Waals surface area (Å²) in [5.74, 6) is 0. The average Bonchev–Trinajstić information content (AvgIpc) is 2.50. The number of hydrogen-bond donors (Lipinski definition) is 0. The molecule has 0 N–H and O–H groups in total. The molecule has 0 aliphatic carbocycles. The number of rotatable bonds is 2. The van der Waals surface area contributed by atoms with Crippen molar-refractivity contribution >= 4 is 0 Å². The summed E-state index contributed by atoms with van der Waals surface area (Å²) in [6.07, 6.45) is 3.21. The second-order valence-electron chi connectivity index (χ2n) is 5.20. The highest BCUT2D eigenvalue weighted by atomic mass is 16.5. The topological polar surface area (TPSA) is 39.8 Å². The molecule has 104 valence electrons. The largest absolute Gasteiger partial charge is 0.618 e. The Morgan fingerprint density at radius 3 is 1.48 bits per heavy atom. The van der Waals surface area contributed by atoms with Gasteiger partial charge in [-0.2, -0.15) is 4.73 Å². The third-order valence-electron chi connectivity index (χ3n) is 3.53. The molecule has 3 nitrogen and oxygen atoms in total. The molecular weight excluding hydrogens is 260 g/mol. The third kappa shape index (κ3) is 2.63. The molecule has 0 aliphatic heterocycles. The van der Waals surface area contributed by atoms with Crippen molar-refractivity contribution in [2.45, 2.75) is 13.8 Å². The zero-order valence-electron chi connectivity index (χ0n) is 12.1. The number of benzene rings is 2. The molecule has 0 saturated heterocycles. The Kier molecular flexibility index (Phi) is 3.40. The van der Waals surface area contributed by atoms with Crippen molar-refractivity contribution < 1.29 is 4.73 Å². The Bertz CT molecular complexity index is 698. The van der Waals surface area contributed by atoms with E-state index in [9.17, 15) is 5.21 Å². The van der Waals surface area contributed by atoms with E-state index in [0.717, 1.165) is 15.9 Å². The minimum atomic E-state index is 0.563. The van der Waals surface area contributed by atoms with Gasteiger partial charge < -0.3 is 5.21 Å². The molecule has 0 amide bonds. The normalized spacial score (nSPS) is 10.6. The van der Waals surface area contributed by atoms with Crippen LogP contribution in [0.4, 0.5) is 0 Å². The lowest BCUT2D eigenvalue weighted by Gasteiger charge is -2.09. The van der Waals surface area contributed by atoms with E-state index in [1.54, 1.807) is 12.4 Å². The lowest BCUT2D eigenvalue weighted by molar-refractivity contribution is -0.582. The highest BCUT2D eigenvalue weighted by molar-refractivity contribution is 5.60. The van der Waals surface area contributed by atoms with Gasteiger partial charge in [0.25, 0.3) is 0 Å². The molecule has 21 heavy (non-hydrogen) atoms. The molecule has 1 heterocycles. The second kappa shape index (κ2) is 5.37. The SMILES string of the molecule is Cc1ccc(-c2cncc(-c3ccc(C)cc3)[n+]2[O-])cc1. The molecule has 0 atom stereocenters. The number of aryl methyl sites for hydroxylation is 2. The molecular formula is C18H16N2O. The molecule has 0 aliphatic rings. The van der Waals surface area contributed by atoms with Crippen molar-refractivity contribution in [2.75, 3.05) is 0 Å². The minimum Gasteiger partial charge on any atom is -0.618 e. The summed E-state index contributed by atoms with van der Waals surface area (Å²) >= 11 is 0. The third-order valence-corrected chi connectivity index (χ3v) is 3.53. The summed E-state index contributed by atoms with van der Waals surface area (Å²) in [5, 5.41) is 12.6. The molecule has 3 aromatic rings. The van der Waals surface area contributed by atoms with Crippen molar-refractivity contribution in [3.63, 3.8) is 0 Å². The van der Waals surface area contributed by atoms with Gasteiger partial charge in [-0.25, -0.2) is 0 Å². The van der Waals surface area contributed by atoms with Gasteiger partial charge in [0, 0.05) is 11.1 Å². The molecule has 0 fully saturated rings. The van der Waals surface area contributed by atoms with E-state index >= 15 is 0 Å². The molecule has 0 unspecified atom stereocenters. The lowest BCUT2D eigenvalue weighted by Crippen LogP contribution is -2.32. The summed E-state index contributed by atoms with van der Waals surface area (Å²) in [4.78, 5) is 4.22. The zero-order chi connectivity index (χ0) is 14.8. The first kappa shape index (κ1) is 13.3. The Morgan fingerprint density at radius 2 is 1.10 bits per heavy atom.